The normalized spacial score (nSPS) is 13.0. The molecule has 1 unspecified atom stereocenters. The minimum Gasteiger partial charge on any atom is -0.395 e. The minimum absolute atomic E-state index is 0.0122. The molecule has 112 valence electrons. The molecule has 6 heteroatoms. The van der Waals surface area contributed by atoms with Crippen LogP contribution in [0, 0.1) is 0 Å². The number of aliphatic hydroxyl groups is 1. The van der Waals surface area contributed by atoms with Crippen LogP contribution in [0.15, 0.2) is 59.5 Å². The summed E-state index contributed by atoms with van der Waals surface area (Å²) in [4.78, 5) is 0.0122. The zero-order valence-electron chi connectivity index (χ0n) is 11.2. The van der Waals surface area contributed by atoms with Crippen LogP contribution < -0.4 is 4.72 Å². The molecule has 0 saturated carbocycles. The Morgan fingerprint density at radius 3 is 2.29 bits per heavy atom. The molecule has 4 nitrogen and oxygen atoms in total. The Hall–Kier alpha value is -1.40. The number of hydrogen-bond acceptors (Lipinski definition) is 3. The highest BCUT2D eigenvalue weighted by Gasteiger charge is 2.21. The molecule has 0 heterocycles. The molecule has 0 saturated heterocycles. The van der Waals surface area contributed by atoms with Gasteiger partial charge in [0, 0.05) is 6.04 Å². The van der Waals surface area contributed by atoms with Gasteiger partial charge in [0.15, 0.2) is 0 Å². The molecular formula is C15H16ClNO3S. The van der Waals surface area contributed by atoms with Gasteiger partial charge in [-0.15, -0.1) is 0 Å². The van der Waals surface area contributed by atoms with Crippen molar-refractivity contribution >= 4 is 21.6 Å². The van der Waals surface area contributed by atoms with E-state index in [1.54, 1.807) is 12.1 Å². The van der Waals surface area contributed by atoms with Crippen molar-refractivity contribution in [2.75, 3.05) is 6.61 Å². The third kappa shape index (κ3) is 4.28. The Balaban J connectivity index is 2.16. The average molecular weight is 326 g/mol. The molecule has 2 aromatic carbocycles. The van der Waals surface area contributed by atoms with Gasteiger partial charge in [-0.25, -0.2) is 13.1 Å². The molecule has 0 aliphatic carbocycles. The van der Waals surface area contributed by atoms with Gasteiger partial charge in [-0.1, -0.05) is 54.1 Å². The van der Waals surface area contributed by atoms with Gasteiger partial charge in [0.2, 0.25) is 10.0 Å². The first-order chi connectivity index (χ1) is 10.0. The molecule has 2 aromatic rings. The molecule has 0 aliphatic heterocycles. The van der Waals surface area contributed by atoms with E-state index in [2.05, 4.69) is 4.72 Å². The second-order valence-corrected chi connectivity index (χ2v) is 6.71. The van der Waals surface area contributed by atoms with Crippen molar-refractivity contribution in [3.63, 3.8) is 0 Å². The van der Waals surface area contributed by atoms with Crippen LogP contribution >= 0.6 is 11.6 Å². The molecule has 2 N–H and O–H groups in total. The van der Waals surface area contributed by atoms with Crippen molar-refractivity contribution in [2.24, 2.45) is 0 Å². The van der Waals surface area contributed by atoms with Crippen molar-refractivity contribution in [3.05, 3.63) is 65.2 Å². The molecule has 0 fully saturated rings. The zero-order valence-corrected chi connectivity index (χ0v) is 12.8. The van der Waals surface area contributed by atoms with Gasteiger partial charge in [0.1, 0.15) is 4.90 Å². The third-order valence-electron chi connectivity index (χ3n) is 2.99. The fourth-order valence-electron chi connectivity index (χ4n) is 1.99. The molecule has 0 aromatic heterocycles. The first-order valence-electron chi connectivity index (χ1n) is 6.44. The summed E-state index contributed by atoms with van der Waals surface area (Å²) in [5, 5.41) is 9.56. The van der Waals surface area contributed by atoms with Gasteiger partial charge >= 0.3 is 0 Å². The molecule has 0 amide bonds. The number of rotatable bonds is 6. The SMILES string of the molecule is O=S(=O)(NC(CO)Cc1ccccc1)c1ccccc1Cl. The number of halogens is 1. The molecule has 0 aliphatic rings. The summed E-state index contributed by atoms with van der Waals surface area (Å²) in [5.74, 6) is 0. The van der Waals surface area contributed by atoms with E-state index in [-0.39, 0.29) is 16.5 Å². The number of nitrogens with one attached hydrogen (secondary N) is 1. The van der Waals surface area contributed by atoms with Crippen molar-refractivity contribution in [2.45, 2.75) is 17.4 Å². The smallest absolute Gasteiger partial charge is 0.242 e. The maximum atomic E-state index is 12.3. The third-order valence-corrected chi connectivity index (χ3v) is 5.01. The van der Waals surface area contributed by atoms with E-state index < -0.39 is 16.1 Å². The maximum Gasteiger partial charge on any atom is 0.242 e. The Labute approximate surface area is 129 Å². The second kappa shape index (κ2) is 7.04. The van der Waals surface area contributed by atoms with Gasteiger partial charge in [-0.3, -0.25) is 0 Å². The lowest BCUT2D eigenvalue weighted by atomic mass is 10.1. The highest BCUT2D eigenvalue weighted by atomic mass is 35.5. The van der Waals surface area contributed by atoms with E-state index in [4.69, 9.17) is 11.6 Å². The van der Waals surface area contributed by atoms with Gasteiger partial charge in [0.25, 0.3) is 0 Å². The van der Waals surface area contributed by atoms with Crippen molar-refractivity contribution < 1.29 is 13.5 Å². The summed E-state index contributed by atoms with van der Waals surface area (Å²) in [6, 6.07) is 15.0. The number of sulfonamides is 1. The molecule has 0 bridgehead atoms. The summed E-state index contributed by atoms with van der Waals surface area (Å²) in [5.41, 5.74) is 0.943. The van der Waals surface area contributed by atoms with E-state index in [9.17, 15) is 13.5 Å². The lowest BCUT2D eigenvalue weighted by molar-refractivity contribution is 0.256. The first-order valence-corrected chi connectivity index (χ1v) is 8.30. The van der Waals surface area contributed by atoms with Crippen LogP contribution in [0.5, 0.6) is 0 Å². The van der Waals surface area contributed by atoms with Crippen LogP contribution in [0.1, 0.15) is 5.56 Å². The van der Waals surface area contributed by atoms with Gasteiger partial charge in [0.05, 0.1) is 11.6 Å². The molecule has 0 radical (unpaired) electrons. The fourth-order valence-corrected chi connectivity index (χ4v) is 3.73. The van der Waals surface area contributed by atoms with Crippen molar-refractivity contribution in [3.8, 4) is 0 Å². The lowest BCUT2D eigenvalue weighted by Crippen LogP contribution is -2.39. The Morgan fingerprint density at radius 2 is 1.67 bits per heavy atom. The van der Waals surface area contributed by atoms with Crippen molar-refractivity contribution in [1.29, 1.82) is 0 Å². The van der Waals surface area contributed by atoms with Gasteiger partial charge < -0.3 is 5.11 Å². The van der Waals surface area contributed by atoms with Crippen molar-refractivity contribution in [1.82, 2.24) is 4.72 Å². The van der Waals surface area contributed by atoms with Crippen LogP contribution in [0.3, 0.4) is 0 Å². The highest BCUT2D eigenvalue weighted by molar-refractivity contribution is 7.89. The van der Waals surface area contributed by atoms with Crippen LogP contribution in [0.2, 0.25) is 5.02 Å². The highest BCUT2D eigenvalue weighted by Crippen LogP contribution is 2.20. The molecule has 1 atom stereocenters. The number of aliphatic hydroxyl groups excluding tert-OH is 1. The lowest BCUT2D eigenvalue weighted by Gasteiger charge is -2.17. The quantitative estimate of drug-likeness (QED) is 0.856. The zero-order chi connectivity index (χ0) is 15.3. The number of hydrogen-bond donors (Lipinski definition) is 2. The predicted molar refractivity (Wildman–Crippen MR) is 82.8 cm³/mol. The summed E-state index contributed by atoms with van der Waals surface area (Å²) < 4.78 is 27.1. The standard InChI is InChI=1S/C15H16ClNO3S/c16-14-8-4-5-9-15(14)21(19,20)17-13(11-18)10-12-6-2-1-3-7-12/h1-9,13,17-18H,10-11H2. The second-order valence-electron chi connectivity index (χ2n) is 4.62. The van der Waals surface area contributed by atoms with E-state index in [0.29, 0.717) is 6.42 Å². The summed E-state index contributed by atoms with van der Waals surface area (Å²) in [7, 11) is -3.76. The molecule has 0 spiro atoms. The monoisotopic (exact) mass is 325 g/mol. The summed E-state index contributed by atoms with van der Waals surface area (Å²) in [6.07, 6.45) is 0.404. The van der Waals surface area contributed by atoms with Crippen LogP contribution in [0.25, 0.3) is 0 Å². The molecular weight excluding hydrogens is 310 g/mol. The first kappa shape index (κ1) is 16.0. The molecule has 2 rings (SSSR count). The van der Waals surface area contributed by atoms with Crippen LogP contribution in [0.4, 0.5) is 0 Å². The van der Waals surface area contributed by atoms with E-state index in [1.165, 1.54) is 12.1 Å². The average Bonchev–Trinajstić information content (AvgIpc) is 2.47. The largest absolute Gasteiger partial charge is 0.395 e. The molecule has 21 heavy (non-hydrogen) atoms. The topological polar surface area (TPSA) is 66.4 Å². The fraction of sp³-hybridized carbons (Fsp3) is 0.200. The Kier molecular flexibility index (Phi) is 5.36. The minimum atomic E-state index is -3.76. The predicted octanol–water partition coefficient (Wildman–Crippen LogP) is 2.22. The summed E-state index contributed by atoms with van der Waals surface area (Å²) in [6.45, 7) is -0.293. The van der Waals surface area contributed by atoms with Crippen LogP contribution in [-0.2, 0) is 16.4 Å². The Morgan fingerprint density at radius 1 is 1.05 bits per heavy atom. The Bertz CT molecular complexity index is 689. The maximum absolute atomic E-state index is 12.3. The van der Waals surface area contributed by atoms with E-state index in [1.807, 2.05) is 30.3 Å². The van der Waals surface area contributed by atoms with E-state index >= 15 is 0 Å². The van der Waals surface area contributed by atoms with Crippen LogP contribution in [-0.4, -0.2) is 26.2 Å². The van der Waals surface area contributed by atoms with Gasteiger partial charge in [-0.2, -0.15) is 0 Å². The van der Waals surface area contributed by atoms with E-state index in [0.717, 1.165) is 5.56 Å². The van der Waals surface area contributed by atoms with Gasteiger partial charge in [-0.05, 0) is 24.1 Å². The number of benzene rings is 2. The summed E-state index contributed by atoms with van der Waals surface area (Å²) >= 11 is 5.91.